The zero-order chi connectivity index (χ0) is 31.3. The molecule has 12 atom stereocenters. The fourth-order valence-electron chi connectivity index (χ4n) is 11.7. The van der Waals surface area contributed by atoms with Crippen molar-refractivity contribution in [1.82, 2.24) is 0 Å². The summed E-state index contributed by atoms with van der Waals surface area (Å²) in [5.41, 5.74) is -2.35. The summed E-state index contributed by atoms with van der Waals surface area (Å²) in [6.07, 6.45) is 3.74. The molecule has 4 fully saturated rings. The van der Waals surface area contributed by atoms with Crippen molar-refractivity contribution in [3.8, 4) is 0 Å². The van der Waals surface area contributed by atoms with Crippen LogP contribution in [0.2, 0.25) is 0 Å². The highest BCUT2D eigenvalue weighted by atomic mass is 16.6. The molecule has 0 radical (unpaired) electrons. The smallest absolute Gasteiger partial charge is 0.306 e. The van der Waals surface area contributed by atoms with E-state index in [1.54, 1.807) is 0 Å². The molecule has 0 aromatic rings. The molecule has 0 aliphatic heterocycles. The molecule has 4 saturated carbocycles. The maximum absolute atomic E-state index is 12.8. The van der Waals surface area contributed by atoms with Crippen LogP contribution in [0.25, 0.3) is 0 Å². The summed E-state index contributed by atoms with van der Waals surface area (Å²) in [4.78, 5) is 12.8. The molecule has 0 aromatic heterocycles. The molecule has 0 spiro atoms. The van der Waals surface area contributed by atoms with Crippen LogP contribution in [0, 0.1) is 50.2 Å². The molecule has 0 aromatic carbocycles. The van der Waals surface area contributed by atoms with E-state index in [1.165, 1.54) is 0 Å². The van der Waals surface area contributed by atoms with Crippen molar-refractivity contribution in [2.24, 2.45) is 50.2 Å². The average molecular weight is 591 g/mol. The molecule has 5 rings (SSSR count). The number of fused-ring (bicyclic) bond motifs is 7. The molecule has 0 bridgehead atoms. The third-order valence-corrected chi connectivity index (χ3v) is 14.5. The minimum Gasteiger partial charge on any atom is -0.459 e. The van der Waals surface area contributed by atoms with E-state index in [9.17, 15) is 30.3 Å². The fraction of sp³-hybridized carbons (Fsp3) is 0.914. The van der Waals surface area contributed by atoms with Gasteiger partial charge in [-0.3, -0.25) is 4.79 Å². The van der Waals surface area contributed by atoms with Crippen molar-refractivity contribution in [2.75, 3.05) is 6.61 Å². The molecule has 5 aliphatic carbocycles. The Morgan fingerprint density at radius 3 is 2.21 bits per heavy atom. The zero-order valence-corrected chi connectivity index (χ0v) is 27.3. The minimum atomic E-state index is -1.45. The Kier molecular flexibility index (Phi) is 7.92. The molecule has 42 heavy (non-hydrogen) atoms. The van der Waals surface area contributed by atoms with Crippen LogP contribution in [-0.4, -0.2) is 68.6 Å². The molecule has 0 saturated heterocycles. The molecular weight excluding hydrogens is 532 g/mol. The maximum Gasteiger partial charge on any atom is 0.306 e. The largest absolute Gasteiger partial charge is 0.459 e. The number of aliphatic hydroxyl groups excluding tert-OH is 5. The van der Waals surface area contributed by atoms with Gasteiger partial charge in [-0.05, 0) is 78.9 Å². The number of hydrogen-bond donors (Lipinski definition) is 5. The van der Waals surface area contributed by atoms with Crippen LogP contribution < -0.4 is 0 Å². The fourth-order valence-corrected chi connectivity index (χ4v) is 11.7. The van der Waals surface area contributed by atoms with Gasteiger partial charge in [-0.25, -0.2) is 0 Å². The van der Waals surface area contributed by atoms with Gasteiger partial charge in [-0.1, -0.05) is 73.5 Å². The van der Waals surface area contributed by atoms with E-state index in [4.69, 9.17) is 4.74 Å². The third-order valence-electron chi connectivity index (χ3n) is 14.5. The molecule has 5 N–H and O–H groups in total. The minimum absolute atomic E-state index is 0.0277. The normalized spacial score (nSPS) is 50.8. The number of carbonyl (C=O) groups excluding carboxylic acids is 1. The van der Waals surface area contributed by atoms with Crippen molar-refractivity contribution in [2.45, 2.75) is 144 Å². The Labute approximate surface area is 253 Å². The van der Waals surface area contributed by atoms with E-state index in [1.807, 2.05) is 20.8 Å². The maximum atomic E-state index is 12.8. The molecular formula is C35H58O7. The van der Waals surface area contributed by atoms with Crippen LogP contribution in [0.4, 0.5) is 0 Å². The van der Waals surface area contributed by atoms with Crippen LogP contribution in [0.15, 0.2) is 11.6 Å². The second-order valence-electron chi connectivity index (χ2n) is 16.9. The summed E-state index contributed by atoms with van der Waals surface area (Å²) in [5.74, 6) is -0.156. The van der Waals surface area contributed by atoms with Gasteiger partial charge in [0, 0.05) is 17.3 Å². The quantitative estimate of drug-likeness (QED) is 0.231. The van der Waals surface area contributed by atoms with Gasteiger partial charge in [-0.15, -0.1) is 0 Å². The van der Waals surface area contributed by atoms with E-state index in [2.05, 4.69) is 40.7 Å². The molecule has 0 heterocycles. The van der Waals surface area contributed by atoms with Gasteiger partial charge in [0.2, 0.25) is 0 Å². The van der Waals surface area contributed by atoms with Crippen LogP contribution in [-0.2, 0) is 9.53 Å². The molecule has 12 unspecified atom stereocenters. The molecule has 0 amide bonds. The van der Waals surface area contributed by atoms with Gasteiger partial charge in [0.1, 0.15) is 12.2 Å². The first-order chi connectivity index (χ1) is 19.4. The van der Waals surface area contributed by atoms with Gasteiger partial charge in [-0.2, -0.15) is 0 Å². The van der Waals surface area contributed by atoms with Gasteiger partial charge in [0.05, 0.1) is 30.3 Å². The molecule has 7 nitrogen and oxygen atoms in total. The van der Waals surface area contributed by atoms with Crippen molar-refractivity contribution < 1.29 is 35.1 Å². The Bertz CT molecular complexity index is 1100. The Morgan fingerprint density at radius 2 is 1.60 bits per heavy atom. The average Bonchev–Trinajstić information content (AvgIpc) is 2.91. The SMILES string of the molecule is CCCCC(=O)OC1C(O)C2(CO)C(CC1(C)C)C1=CCC3C4(C)CCC(O)C(C)(C)C4CCC3(C)C1(C)C(O)C2O. The number of unbranched alkanes of at least 4 members (excludes halogenated alkanes) is 1. The summed E-state index contributed by atoms with van der Waals surface area (Å²) >= 11 is 0. The van der Waals surface area contributed by atoms with E-state index in [0.717, 1.165) is 44.1 Å². The predicted octanol–water partition coefficient (Wildman–Crippen LogP) is 4.77. The first-order valence-electron chi connectivity index (χ1n) is 16.6. The number of aliphatic hydroxyl groups is 5. The van der Waals surface area contributed by atoms with Crippen LogP contribution in [0.3, 0.4) is 0 Å². The first-order valence-corrected chi connectivity index (χ1v) is 16.6. The van der Waals surface area contributed by atoms with Crippen LogP contribution in [0.5, 0.6) is 0 Å². The van der Waals surface area contributed by atoms with Crippen LogP contribution in [0.1, 0.15) is 113 Å². The first kappa shape index (κ1) is 32.4. The van der Waals surface area contributed by atoms with Crippen molar-refractivity contribution in [1.29, 1.82) is 0 Å². The molecule has 7 heteroatoms. The zero-order valence-electron chi connectivity index (χ0n) is 27.3. The Hall–Kier alpha value is -0.990. The summed E-state index contributed by atoms with van der Waals surface area (Å²) < 4.78 is 5.92. The monoisotopic (exact) mass is 590 g/mol. The van der Waals surface area contributed by atoms with Gasteiger partial charge >= 0.3 is 5.97 Å². The van der Waals surface area contributed by atoms with E-state index < -0.39 is 47.3 Å². The Balaban J connectivity index is 1.59. The second kappa shape index (κ2) is 10.3. The summed E-state index contributed by atoms with van der Waals surface area (Å²) in [6.45, 7) is 16.7. The topological polar surface area (TPSA) is 127 Å². The number of esters is 1. The lowest BCUT2D eigenvalue weighted by Crippen LogP contribution is -2.76. The summed E-state index contributed by atoms with van der Waals surface area (Å²) in [5, 5.41) is 58.4. The van der Waals surface area contributed by atoms with E-state index >= 15 is 0 Å². The molecule has 5 aliphatic rings. The third kappa shape index (κ3) is 3.98. The standard InChI is InChI=1S/C35H58O7/c1-9-10-11-25(38)42-29-28(41)35(19-36)21(18-30(29,2)3)20-12-13-23-32(6)16-15-24(37)31(4,5)22(32)14-17-33(23,7)34(20,8)26(39)27(35)40/h12,21-24,26-29,36-37,39-41H,9-11,13-19H2,1-8H3. The lowest BCUT2D eigenvalue weighted by atomic mass is 9.32. The molecule has 240 valence electrons. The van der Waals surface area contributed by atoms with E-state index in [-0.39, 0.29) is 46.6 Å². The highest BCUT2D eigenvalue weighted by molar-refractivity contribution is 5.69. The summed E-state index contributed by atoms with van der Waals surface area (Å²) in [7, 11) is 0. The number of carbonyl (C=O) groups is 1. The lowest BCUT2D eigenvalue weighted by molar-refractivity contribution is -0.290. The highest BCUT2D eigenvalue weighted by Gasteiger charge is 2.75. The number of ether oxygens (including phenoxy) is 1. The number of allylic oxidation sites excluding steroid dienone is 1. The summed E-state index contributed by atoms with van der Waals surface area (Å²) in [6, 6.07) is 0. The number of hydrogen-bond acceptors (Lipinski definition) is 7. The van der Waals surface area contributed by atoms with Crippen molar-refractivity contribution in [3.63, 3.8) is 0 Å². The predicted molar refractivity (Wildman–Crippen MR) is 161 cm³/mol. The van der Waals surface area contributed by atoms with Gasteiger partial charge < -0.3 is 30.3 Å². The lowest BCUT2D eigenvalue weighted by Gasteiger charge is -2.73. The van der Waals surface area contributed by atoms with Gasteiger partial charge in [0.25, 0.3) is 0 Å². The second-order valence-corrected chi connectivity index (χ2v) is 16.9. The van der Waals surface area contributed by atoms with E-state index in [0.29, 0.717) is 18.8 Å². The number of rotatable bonds is 5. The van der Waals surface area contributed by atoms with Crippen molar-refractivity contribution in [3.05, 3.63) is 11.6 Å². The van der Waals surface area contributed by atoms with Crippen molar-refractivity contribution >= 4 is 5.97 Å². The van der Waals surface area contributed by atoms with Gasteiger partial charge in [0.15, 0.2) is 0 Å². The highest BCUT2D eigenvalue weighted by Crippen LogP contribution is 2.75. The van der Waals surface area contributed by atoms with Crippen LogP contribution >= 0.6 is 0 Å². The Morgan fingerprint density at radius 1 is 0.929 bits per heavy atom.